The molecule has 0 spiro atoms. The summed E-state index contributed by atoms with van der Waals surface area (Å²) < 4.78 is 1.05. The Morgan fingerprint density at radius 1 is 0.958 bits per heavy atom. The summed E-state index contributed by atoms with van der Waals surface area (Å²) in [7, 11) is 0. The van der Waals surface area contributed by atoms with Crippen molar-refractivity contribution in [3.8, 4) is 11.4 Å². The molecule has 4 aromatic rings. The number of nitrogens with one attached hydrogen (secondary N) is 1. The summed E-state index contributed by atoms with van der Waals surface area (Å²) in [6.07, 6.45) is 0. The minimum Gasteiger partial charge on any atom is -0.340 e. The fourth-order valence-corrected chi connectivity index (χ4v) is 3.67. The van der Waals surface area contributed by atoms with E-state index < -0.39 is 0 Å². The Kier molecular flexibility index (Phi) is 4.04. The summed E-state index contributed by atoms with van der Waals surface area (Å²) in [4.78, 5) is 11.7. The fourth-order valence-electron chi connectivity index (χ4n) is 2.52. The summed E-state index contributed by atoms with van der Waals surface area (Å²) >= 11 is 5.15. The number of fused-ring (bicyclic) bond motifs is 1. The molecular weight excluding hydrogens is 382 g/mol. The van der Waals surface area contributed by atoms with Gasteiger partial charge in [0.1, 0.15) is 10.6 Å². The van der Waals surface area contributed by atoms with Gasteiger partial charge in [-0.3, -0.25) is 0 Å². The van der Waals surface area contributed by atoms with Crippen molar-refractivity contribution < 1.29 is 0 Å². The van der Waals surface area contributed by atoms with Crippen molar-refractivity contribution in [2.75, 3.05) is 5.32 Å². The van der Waals surface area contributed by atoms with E-state index in [1.807, 2.05) is 54.6 Å². The summed E-state index contributed by atoms with van der Waals surface area (Å²) in [5.41, 5.74) is 2.02. The molecule has 24 heavy (non-hydrogen) atoms. The van der Waals surface area contributed by atoms with Crippen LogP contribution in [0.25, 0.3) is 21.6 Å². The lowest BCUT2D eigenvalue weighted by Gasteiger charge is -2.09. The van der Waals surface area contributed by atoms with Crippen LogP contribution in [0.3, 0.4) is 0 Å². The number of halogens is 1. The Morgan fingerprint density at radius 3 is 2.46 bits per heavy atom. The molecule has 0 aliphatic rings. The quantitative estimate of drug-likeness (QED) is 0.450. The highest BCUT2D eigenvalue weighted by molar-refractivity contribution is 9.10. The Labute approximate surface area is 152 Å². The second-order valence-corrected chi connectivity index (χ2v) is 7.62. The van der Waals surface area contributed by atoms with Gasteiger partial charge in [-0.25, -0.2) is 9.97 Å². The number of benzene rings is 2. The molecule has 2 aromatic heterocycles. The minimum absolute atomic E-state index is 0.740. The first-order valence-corrected chi connectivity index (χ1v) is 9.16. The Hall–Kier alpha value is -2.24. The molecule has 118 valence electrons. The highest BCUT2D eigenvalue weighted by atomic mass is 79.9. The molecule has 0 bridgehead atoms. The van der Waals surface area contributed by atoms with Gasteiger partial charge in [-0.1, -0.05) is 46.3 Å². The van der Waals surface area contributed by atoms with Crippen molar-refractivity contribution in [2.45, 2.75) is 6.92 Å². The van der Waals surface area contributed by atoms with Gasteiger partial charge >= 0.3 is 0 Å². The van der Waals surface area contributed by atoms with Crippen LogP contribution in [0, 0.1) is 6.92 Å². The van der Waals surface area contributed by atoms with Crippen molar-refractivity contribution in [1.29, 1.82) is 0 Å². The van der Waals surface area contributed by atoms with Crippen LogP contribution in [0.15, 0.2) is 65.1 Å². The van der Waals surface area contributed by atoms with Crippen molar-refractivity contribution in [2.24, 2.45) is 0 Å². The highest BCUT2D eigenvalue weighted by Crippen LogP contribution is 2.32. The molecule has 5 heteroatoms. The van der Waals surface area contributed by atoms with Crippen LogP contribution in [0.5, 0.6) is 0 Å². The molecule has 3 nitrogen and oxygen atoms in total. The van der Waals surface area contributed by atoms with E-state index in [2.05, 4.69) is 34.2 Å². The van der Waals surface area contributed by atoms with Crippen molar-refractivity contribution in [1.82, 2.24) is 9.97 Å². The number of hydrogen-bond acceptors (Lipinski definition) is 4. The standard InChI is InChI=1S/C19H14BrN3S/c1-12-11-16-18(21-15-9-7-14(20)8-10-15)22-17(23-19(16)24-12)13-5-3-2-4-6-13/h2-11H,1H3,(H,21,22,23). The van der Waals surface area contributed by atoms with E-state index in [4.69, 9.17) is 9.97 Å². The molecule has 0 unspecified atom stereocenters. The van der Waals surface area contributed by atoms with Gasteiger partial charge in [0.2, 0.25) is 0 Å². The van der Waals surface area contributed by atoms with E-state index in [0.29, 0.717) is 0 Å². The fraction of sp³-hybridized carbons (Fsp3) is 0.0526. The van der Waals surface area contributed by atoms with E-state index in [-0.39, 0.29) is 0 Å². The molecule has 2 aromatic carbocycles. The normalized spacial score (nSPS) is 10.9. The summed E-state index contributed by atoms with van der Waals surface area (Å²) in [6, 6.07) is 20.3. The molecule has 0 saturated carbocycles. The predicted molar refractivity (Wildman–Crippen MR) is 105 cm³/mol. The molecule has 4 rings (SSSR count). The zero-order valence-electron chi connectivity index (χ0n) is 13.0. The Morgan fingerprint density at radius 2 is 1.71 bits per heavy atom. The number of thiophene rings is 1. The van der Waals surface area contributed by atoms with Gasteiger partial charge in [-0.05, 0) is 37.3 Å². The van der Waals surface area contributed by atoms with Gasteiger partial charge in [0, 0.05) is 20.6 Å². The van der Waals surface area contributed by atoms with Crippen molar-refractivity contribution in [3.63, 3.8) is 0 Å². The van der Waals surface area contributed by atoms with Crippen molar-refractivity contribution >= 4 is 49.0 Å². The van der Waals surface area contributed by atoms with E-state index in [9.17, 15) is 0 Å². The lowest BCUT2D eigenvalue weighted by molar-refractivity contribution is 1.23. The van der Waals surface area contributed by atoms with Crippen LogP contribution in [-0.2, 0) is 0 Å². The van der Waals surface area contributed by atoms with Gasteiger partial charge in [-0.2, -0.15) is 0 Å². The molecule has 0 saturated heterocycles. The predicted octanol–water partition coefficient (Wildman–Crippen LogP) is 6.17. The van der Waals surface area contributed by atoms with Crippen LogP contribution in [-0.4, -0.2) is 9.97 Å². The third-order valence-electron chi connectivity index (χ3n) is 3.65. The molecular formula is C19H14BrN3S. The molecule has 2 heterocycles. The molecule has 1 N–H and O–H groups in total. The van der Waals surface area contributed by atoms with Crippen molar-refractivity contribution in [3.05, 3.63) is 70.0 Å². The molecule has 0 radical (unpaired) electrons. The van der Waals surface area contributed by atoms with E-state index in [1.54, 1.807) is 11.3 Å². The van der Waals surface area contributed by atoms with Gasteiger partial charge in [0.05, 0.1) is 5.39 Å². The highest BCUT2D eigenvalue weighted by Gasteiger charge is 2.12. The SMILES string of the molecule is Cc1cc2c(Nc3ccc(Br)cc3)nc(-c3ccccc3)nc2s1. The molecule has 0 aliphatic heterocycles. The van der Waals surface area contributed by atoms with Crippen LogP contribution in [0.1, 0.15) is 4.88 Å². The zero-order chi connectivity index (χ0) is 16.5. The number of aryl methyl sites for hydroxylation is 1. The number of nitrogens with zero attached hydrogens (tertiary/aromatic N) is 2. The Bertz CT molecular complexity index is 994. The maximum atomic E-state index is 4.77. The van der Waals surface area contributed by atoms with Gasteiger partial charge in [-0.15, -0.1) is 11.3 Å². The minimum atomic E-state index is 0.740. The van der Waals surface area contributed by atoms with Crippen LogP contribution in [0.4, 0.5) is 11.5 Å². The van der Waals surface area contributed by atoms with E-state index in [1.165, 1.54) is 4.88 Å². The molecule has 0 fully saturated rings. The average Bonchev–Trinajstić information content (AvgIpc) is 2.98. The number of rotatable bonds is 3. The average molecular weight is 396 g/mol. The molecule has 0 atom stereocenters. The van der Waals surface area contributed by atoms with Gasteiger partial charge in [0.15, 0.2) is 5.82 Å². The van der Waals surface area contributed by atoms with E-state index >= 15 is 0 Å². The van der Waals surface area contributed by atoms with Crippen LogP contribution >= 0.6 is 27.3 Å². The van der Waals surface area contributed by atoms with E-state index in [0.717, 1.165) is 37.6 Å². The number of hydrogen-bond donors (Lipinski definition) is 1. The first-order valence-electron chi connectivity index (χ1n) is 7.55. The lowest BCUT2D eigenvalue weighted by Crippen LogP contribution is -1.97. The summed E-state index contributed by atoms with van der Waals surface area (Å²) in [6.45, 7) is 2.10. The lowest BCUT2D eigenvalue weighted by atomic mass is 10.2. The maximum absolute atomic E-state index is 4.77. The molecule has 0 aliphatic carbocycles. The Balaban J connectivity index is 1.84. The first kappa shape index (κ1) is 15.3. The first-order chi connectivity index (χ1) is 11.7. The zero-order valence-corrected chi connectivity index (χ0v) is 15.4. The maximum Gasteiger partial charge on any atom is 0.163 e. The van der Waals surface area contributed by atoms with Gasteiger partial charge in [0.25, 0.3) is 0 Å². The monoisotopic (exact) mass is 395 g/mol. The third-order valence-corrected chi connectivity index (χ3v) is 5.13. The second kappa shape index (κ2) is 6.34. The summed E-state index contributed by atoms with van der Waals surface area (Å²) in [5, 5.41) is 4.49. The number of anilines is 2. The smallest absolute Gasteiger partial charge is 0.163 e. The molecule has 0 amide bonds. The number of aromatic nitrogens is 2. The van der Waals surface area contributed by atoms with Crippen LogP contribution < -0.4 is 5.32 Å². The second-order valence-electron chi connectivity index (χ2n) is 5.47. The summed E-state index contributed by atoms with van der Waals surface area (Å²) in [5.74, 6) is 1.58. The third kappa shape index (κ3) is 3.05. The van der Waals surface area contributed by atoms with Gasteiger partial charge < -0.3 is 5.32 Å². The topological polar surface area (TPSA) is 37.8 Å². The van der Waals surface area contributed by atoms with Crippen LogP contribution in [0.2, 0.25) is 0 Å². The largest absolute Gasteiger partial charge is 0.340 e.